The van der Waals surface area contributed by atoms with Crippen LogP contribution in [-0.4, -0.2) is 57.6 Å². The molecule has 2 aromatic carbocycles. The first-order valence-corrected chi connectivity index (χ1v) is 16.1. The summed E-state index contributed by atoms with van der Waals surface area (Å²) in [5, 5.41) is 5.69. The van der Waals surface area contributed by atoms with Crippen molar-refractivity contribution in [3.05, 3.63) is 71.3 Å². The number of nitrogens with one attached hydrogen (secondary N) is 2. The summed E-state index contributed by atoms with van der Waals surface area (Å²) < 4.78 is 11.2. The van der Waals surface area contributed by atoms with Gasteiger partial charge in [-0.2, -0.15) is 0 Å². The van der Waals surface area contributed by atoms with Crippen LogP contribution in [0.25, 0.3) is 0 Å². The van der Waals surface area contributed by atoms with Gasteiger partial charge in [0, 0.05) is 17.5 Å². The Hall–Kier alpha value is -4.32. The summed E-state index contributed by atoms with van der Waals surface area (Å²) in [6.07, 6.45) is 5.61. The molecule has 0 aliphatic heterocycles. The third kappa shape index (κ3) is 12.1. The maximum atomic E-state index is 14.7. The molecule has 0 aliphatic carbocycles. The molecule has 0 aliphatic rings. The van der Waals surface area contributed by atoms with E-state index in [4.69, 9.17) is 15.9 Å². The van der Waals surface area contributed by atoms with E-state index in [2.05, 4.69) is 16.6 Å². The Bertz CT molecular complexity index is 1410. The highest BCUT2D eigenvalue weighted by molar-refractivity contribution is 5.94. The van der Waals surface area contributed by atoms with Crippen LogP contribution in [-0.2, 0) is 30.3 Å². The molecule has 47 heavy (non-hydrogen) atoms. The third-order valence-corrected chi connectivity index (χ3v) is 7.30. The predicted molar refractivity (Wildman–Crippen MR) is 184 cm³/mol. The van der Waals surface area contributed by atoms with Crippen molar-refractivity contribution in [3.63, 3.8) is 0 Å². The zero-order valence-electron chi connectivity index (χ0n) is 29.9. The summed E-state index contributed by atoms with van der Waals surface area (Å²) >= 11 is 0. The van der Waals surface area contributed by atoms with Gasteiger partial charge < -0.3 is 25.0 Å². The van der Waals surface area contributed by atoms with Gasteiger partial charge >= 0.3 is 12.1 Å². The minimum atomic E-state index is -1.21. The number of carbonyl (C=O) groups excluding carboxylic acids is 4. The summed E-state index contributed by atoms with van der Waals surface area (Å²) in [5.41, 5.74) is -0.611. The van der Waals surface area contributed by atoms with Crippen molar-refractivity contribution in [2.75, 3.05) is 0 Å². The van der Waals surface area contributed by atoms with Gasteiger partial charge in [-0.3, -0.25) is 9.59 Å². The maximum Gasteiger partial charge on any atom is 0.408 e. The lowest BCUT2D eigenvalue weighted by molar-refractivity contribution is -0.159. The van der Waals surface area contributed by atoms with Crippen molar-refractivity contribution >= 4 is 23.9 Å². The number of ether oxygens (including phenoxy) is 2. The van der Waals surface area contributed by atoms with Gasteiger partial charge in [-0.1, -0.05) is 68.7 Å². The normalized spacial score (nSPS) is 14.4. The molecule has 0 spiro atoms. The molecule has 2 rings (SSSR count). The zero-order chi connectivity index (χ0) is 35.7. The zero-order valence-corrected chi connectivity index (χ0v) is 29.9. The van der Waals surface area contributed by atoms with Gasteiger partial charge in [-0.05, 0) is 91.5 Å². The molecular weight excluding hydrogens is 594 g/mol. The Balaban J connectivity index is 2.69. The van der Waals surface area contributed by atoms with Gasteiger partial charge in [0.05, 0.1) is 0 Å². The summed E-state index contributed by atoms with van der Waals surface area (Å²) in [6.45, 7) is 19.7. The maximum absolute atomic E-state index is 14.7. The van der Waals surface area contributed by atoms with Crippen molar-refractivity contribution in [1.82, 2.24) is 15.5 Å². The molecule has 4 unspecified atom stereocenters. The quantitative estimate of drug-likeness (QED) is 0.217. The topological polar surface area (TPSA) is 114 Å². The van der Waals surface area contributed by atoms with E-state index in [9.17, 15) is 19.2 Å². The van der Waals surface area contributed by atoms with Crippen LogP contribution in [0.3, 0.4) is 0 Å². The fourth-order valence-electron chi connectivity index (χ4n) is 4.96. The lowest BCUT2D eigenvalue weighted by Gasteiger charge is -2.44. The Kier molecular flexibility index (Phi) is 13.2. The number of benzene rings is 2. The third-order valence-electron chi connectivity index (χ3n) is 7.30. The monoisotopic (exact) mass is 647 g/mol. The predicted octanol–water partition coefficient (Wildman–Crippen LogP) is 6.34. The fourth-order valence-corrected chi connectivity index (χ4v) is 4.96. The van der Waals surface area contributed by atoms with Gasteiger partial charge in [0.1, 0.15) is 29.3 Å². The molecule has 0 saturated heterocycles. The highest BCUT2D eigenvalue weighted by Gasteiger charge is 2.44. The SMILES string of the molecule is C#Cc1ccc(C(C(=O)NC(Cc2ccccc2)C(=O)OC(C)(C)C)N(C(=O)C(NC(=O)OC(C)(C)C)C(C)CC)C(C)(C)C)cc1. The second-order valence-electron chi connectivity index (χ2n) is 14.8. The lowest BCUT2D eigenvalue weighted by atomic mass is 9.91. The standard InChI is InChI=1S/C38H53N3O6/c1-13-25(3)30(40-35(45)47-38(10,11)12)33(43)41(36(4,5)6)31(28-22-20-26(14-2)21-23-28)32(42)39-29(34(44)46-37(7,8)9)24-27-18-16-15-17-19-27/h2,15-23,25,29-31H,13,24H2,1,3-12H3,(H,39,42)(H,40,45). The molecule has 256 valence electrons. The van der Waals surface area contributed by atoms with E-state index in [0.29, 0.717) is 17.5 Å². The van der Waals surface area contributed by atoms with E-state index in [0.717, 1.165) is 5.56 Å². The largest absolute Gasteiger partial charge is 0.458 e. The van der Waals surface area contributed by atoms with E-state index in [-0.39, 0.29) is 12.3 Å². The Morgan fingerprint density at radius 3 is 1.85 bits per heavy atom. The van der Waals surface area contributed by atoms with Crippen LogP contribution in [0.1, 0.15) is 105 Å². The number of hydrogen-bond donors (Lipinski definition) is 2. The Labute approximate surface area is 281 Å². The number of nitrogens with zero attached hydrogens (tertiary/aromatic N) is 1. The van der Waals surface area contributed by atoms with Gasteiger partial charge in [-0.15, -0.1) is 6.42 Å². The van der Waals surface area contributed by atoms with Crippen molar-refractivity contribution in [1.29, 1.82) is 0 Å². The minimum absolute atomic E-state index is 0.170. The van der Waals surface area contributed by atoms with Gasteiger partial charge in [0.25, 0.3) is 0 Å². The number of hydrogen-bond acceptors (Lipinski definition) is 6. The van der Waals surface area contributed by atoms with Crippen molar-refractivity contribution in [2.45, 2.75) is 124 Å². The van der Waals surface area contributed by atoms with Crippen LogP contribution in [0.2, 0.25) is 0 Å². The van der Waals surface area contributed by atoms with E-state index in [1.807, 2.05) is 65.0 Å². The van der Waals surface area contributed by atoms with Crippen molar-refractivity contribution < 1.29 is 28.7 Å². The van der Waals surface area contributed by atoms with E-state index in [1.54, 1.807) is 65.8 Å². The van der Waals surface area contributed by atoms with Crippen molar-refractivity contribution in [3.8, 4) is 12.3 Å². The van der Waals surface area contributed by atoms with Crippen LogP contribution in [0.15, 0.2) is 54.6 Å². The molecule has 0 radical (unpaired) electrons. The van der Waals surface area contributed by atoms with Crippen LogP contribution in [0.4, 0.5) is 4.79 Å². The molecular formula is C38H53N3O6. The molecule has 0 bridgehead atoms. The summed E-state index contributed by atoms with van der Waals surface area (Å²) in [6, 6.07) is 12.8. The molecule has 2 N–H and O–H groups in total. The lowest BCUT2D eigenvalue weighted by Crippen LogP contribution is -2.61. The Morgan fingerprint density at radius 2 is 1.38 bits per heavy atom. The smallest absolute Gasteiger partial charge is 0.408 e. The van der Waals surface area contributed by atoms with Crippen LogP contribution in [0, 0.1) is 18.3 Å². The first-order valence-electron chi connectivity index (χ1n) is 16.1. The minimum Gasteiger partial charge on any atom is -0.458 e. The average Bonchev–Trinajstić information content (AvgIpc) is 2.95. The summed E-state index contributed by atoms with van der Waals surface area (Å²) in [4.78, 5) is 57.2. The number of carbonyl (C=O) groups is 4. The summed E-state index contributed by atoms with van der Waals surface area (Å²) in [7, 11) is 0. The second kappa shape index (κ2) is 16.0. The van der Waals surface area contributed by atoms with E-state index >= 15 is 0 Å². The fraction of sp³-hybridized carbons (Fsp3) is 0.526. The van der Waals surface area contributed by atoms with Gasteiger partial charge in [-0.25, -0.2) is 9.59 Å². The molecule has 9 nitrogen and oxygen atoms in total. The number of alkyl carbamates (subject to hydrolysis) is 1. The number of amides is 3. The molecule has 4 atom stereocenters. The number of rotatable bonds is 11. The number of terminal acetylenes is 1. The van der Waals surface area contributed by atoms with Crippen LogP contribution in [0.5, 0.6) is 0 Å². The van der Waals surface area contributed by atoms with Gasteiger partial charge in [0.2, 0.25) is 11.8 Å². The second-order valence-corrected chi connectivity index (χ2v) is 14.8. The molecule has 2 aromatic rings. The first-order chi connectivity index (χ1) is 21.7. The highest BCUT2D eigenvalue weighted by atomic mass is 16.6. The first kappa shape index (κ1) is 38.9. The molecule has 0 aromatic heterocycles. The number of esters is 1. The van der Waals surface area contributed by atoms with Crippen LogP contribution >= 0.6 is 0 Å². The van der Waals surface area contributed by atoms with Crippen LogP contribution < -0.4 is 10.6 Å². The molecule has 9 heteroatoms. The van der Waals surface area contributed by atoms with Crippen molar-refractivity contribution in [2.24, 2.45) is 5.92 Å². The highest BCUT2D eigenvalue weighted by Crippen LogP contribution is 2.32. The Morgan fingerprint density at radius 1 is 0.830 bits per heavy atom. The molecule has 0 heterocycles. The molecule has 0 saturated carbocycles. The van der Waals surface area contributed by atoms with Gasteiger partial charge in [0.15, 0.2) is 0 Å². The molecule has 0 fully saturated rings. The molecule has 3 amide bonds. The average molecular weight is 648 g/mol. The van der Waals surface area contributed by atoms with E-state index < -0.39 is 58.7 Å². The van der Waals surface area contributed by atoms with E-state index in [1.165, 1.54) is 4.90 Å². The summed E-state index contributed by atoms with van der Waals surface area (Å²) in [5.74, 6) is 0.604.